The van der Waals surface area contributed by atoms with E-state index in [1.165, 1.54) is 0 Å². The Labute approximate surface area is 125 Å². The van der Waals surface area contributed by atoms with E-state index in [0.29, 0.717) is 16.8 Å². The zero-order valence-corrected chi connectivity index (χ0v) is 14.2. The van der Waals surface area contributed by atoms with Crippen LogP contribution in [0.25, 0.3) is 11.1 Å². The lowest BCUT2D eigenvalue weighted by Gasteiger charge is -2.25. The fourth-order valence-electron chi connectivity index (χ4n) is 2.44. The summed E-state index contributed by atoms with van der Waals surface area (Å²) in [4.78, 5) is 17.6. The molecule has 2 heterocycles. The standard InChI is InChI=1S/C16H25N3O2/c1-9(2)19-13(20)10-11(15(3,4)5)18-21-12(10)17-14(19)16(6,7)8/h9H,1-8H3. The molecular weight excluding hydrogens is 266 g/mol. The Balaban J connectivity index is 2.95. The average molecular weight is 291 g/mol. The van der Waals surface area contributed by atoms with Crippen LogP contribution in [0.2, 0.25) is 0 Å². The molecule has 0 aliphatic heterocycles. The first kappa shape index (κ1) is 15.7. The summed E-state index contributed by atoms with van der Waals surface area (Å²) in [5, 5.41) is 4.60. The largest absolute Gasteiger partial charge is 0.335 e. The molecule has 0 N–H and O–H groups in total. The zero-order valence-electron chi connectivity index (χ0n) is 14.2. The minimum Gasteiger partial charge on any atom is -0.335 e. The van der Waals surface area contributed by atoms with E-state index in [4.69, 9.17) is 4.52 Å². The van der Waals surface area contributed by atoms with Gasteiger partial charge in [0.25, 0.3) is 11.3 Å². The van der Waals surface area contributed by atoms with Gasteiger partial charge in [0.2, 0.25) is 0 Å². The third kappa shape index (κ3) is 2.61. The van der Waals surface area contributed by atoms with Gasteiger partial charge in [0, 0.05) is 16.9 Å². The van der Waals surface area contributed by atoms with E-state index in [1.807, 2.05) is 55.4 Å². The highest BCUT2D eigenvalue weighted by Crippen LogP contribution is 2.29. The molecule has 0 saturated heterocycles. The van der Waals surface area contributed by atoms with Crippen LogP contribution >= 0.6 is 0 Å². The summed E-state index contributed by atoms with van der Waals surface area (Å²) in [6.07, 6.45) is 0. The molecule has 2 aromatic heterocycles. The van der Waals surface area contributed by atoms with Crippen molar-refractivity contribution in [3.8, 4) is 0 Å². The molecule has 2 aromatic rings. The lowest BCUT2D eigenvalue weighted by atomic mass is 9.90. The lowest BCUT2D eigenvalue weighted by molar-refractivity contribution is 0.406. The molecule has 0 amide bonds. The Morgan fingerprint density at radius 2 is 1.62 bits per heavy atom. The van der Waals surface area contributed by atoms with E-state index in [-0.39, 0.29) is 22.4 Å². The first-order chi connectivity index (χ1) is 9.44. The highest BCUT2D eigenvalue weighted by molar-refractivity contribution is 5.76. The number of hydrogen-bond acceptors (Lipinski definition) is 4. The van der Waals surface area contributed by atoms with Crippen molar-refractivity contribution in [2.24, 2.45) is 0 Å². The van der Waals surface area contributed by atoms with Gasteiger partial charge in [-0.25, -0.2) is 0 Å². The number of fused-ring (bicyclic) bond motifs is 1. The van der Waals surface area contributed by atoms with Crippen LogP contribution in [0.15, 0.2) is 9.32 Å². The molecule has 0 spiro atoms. The molecule has 0 bridgehead atoms. The summed E-state index contributed by atoms with van der Waals surface area (Å²) in [5.74, 6) is 0.728. The summed E-state index contributed by atoms with van der Waals surface area (Å²) in [5.41, 5.74) is 0.443. The Hall–Kier alpha value is -1.65. The van der Waals surface area contributed by atoms with Gasteiger partial charge in [-0.05, 0) is 13.8 Å². The van der Waals surface area contributed by atoms with E-state index >= 15 is 0 Å². The molecular formula is C16H25N3O2. The van der Waals surface area contributed by atoms with Crippen LogP contribution < -0.4 is 5.56 Å². The molecule has 0 fully saturated rings. The van der Waals surface area contributed by atoms with Crippen LogP contribution in [0.4, 0.5) is 0 Å². The maximum atomic E-state index is 13.0. The van der Waals surface area contributed by atoms with Gasteiger partial charge < -0.3 is 4.52 Å². The van der Waals surface area contributed by atoms with Gasteiger partial charge >= 0.3 is 0 Å². The van der Waals surface area contributed by atoms with Crippen molar-refractivity contribution in [2.45, 2.75) is 72.3 Å². The molecule has 0 aliphatic carbocycles. The highest BCUT2D eigenvalue weighted by Gasteiger charge is 2.30. The van der Waals surface area contributed by atoms with Crippen LogP contribution in [-0.2, 0) is 10.8 Å². The summed E-state index contributed by atoms with van der Waals surface area (Å²) in [7, 11) is 0. The monoisotopic (exact) mass is 291 g/mol. The maximum absolute atomic E-state index is 13.0. The van der Waals surface area contributed by atoms with Gasteiger partial charge in [-0.15, -0.1) is 0 Å². The van der Waals surface area contributed by atoms with Gasteiger partial charge in [-0.2, -0.15) is 4.98 Å². The number of hydrogen-bond donors (Lipinski definition) is 0. The zero-order chi connectivity index (χ0) is 16.2. The Morgan fingerprint density at radius 3 is 2.05 bits per heavy atom. The Morgan fingerprint density at radius 1 is 1.05 bits per heavy atom. The molecule has 0 unspecified atom stereocenters. The molecule has 0 aromatic carbocycles. The first-order valence-corrected chi connectivity index (χ1v) is 7.37. The molecule has 0 radical (unpaired) electrons. The molecule has 0 aliphatic rings. The van der Waals surface area contributed by atoms with Crippen LogP contribution in [0, 0.1) is 0 Å². The van der Waals surface area contributed by atoms with E-state index < -0.39 is 0 Å². The third-order valence-electron chi connectivity index (χ3n) is 3.44. The van der Waals surface area contributed by atoms with Crippen molar-refractivity contribution < 1.29 is 4.52 Å². The fourth-order valence-corrected chi connectivity index (χ4v) is 2.44. The highest BCUT2D eigenvalue weighted by atomic mass is 16.5. The second-order valence-electron chi connectivity index (χ2n) is 7.92. The molecule has 0 atom stereocenters. The smallest absolute Gasteiger partial charge is 0.267 e. The molecule has 5 heteroatoms. The molecule has 0 saturated carbocycles. The summed E-state index contributed by atoms with van der Waals surface area (Å²) >= 11 is 0. The summed E-state index contributed by atoms with van der Waals surface area (Å²) in [6.45, 7) is 16.2. The van der Waals surface area contributed by atoms with E-state index in [0.717, 1.165) is 5.82 Å². The number of aromatic nitrogens is 3. The van der Waals surface area contributed by atoms with E-state index in [9.17, 15) is 4.79 Å². The van der Waals surface area contributed by atoms with Gasteiger partial charge in [0.1, 0.15) is 16.9 Å². The number of rotatable bonds is 1. The van der Waals surface area contributed by atoms with Gasteiger partial charge in [-0.1, -0.05) is 46.7 Å². The average Bonchev–Trinajstić information content (AvgIpc) is 2.70. The Kier molecular flexibility index (Phi) is 3.51. The summed E-state index contributed by atoms with van der Waals surface area (Å²) in [6, 6.07) is 0.0337. The predicted octanol–water partition coefficient (Wildman–Crippen LogP) is 3.56. The van der Waals surface area contributed by atoms with E-state index in [1.54, 1.807) is 4.57 Å². The predicted molar refractivity (Wildman–Crippen MR) is 83.8 cm³/mol. The minimum absolute atomic E-state index is 0.0337. The van der Waals surface area contributed by atoms with Crippen LogP contribution in [0.3, 0.4) is 0 Å². The molecule has 116 valence electrons. The van der Waals surface area contributed by atoms with Crippen molar-refractivity contribution in [3.63, 3.8) is 0 Å². The van der Waals surface area contributed by atoms with Gasteiger partial charge in [0.15, 0.2) is 0 Å². The van der Waals surface area contributed by atoms with Crippen molar-refractivity contribution in [1.82, 2.24) is 14.7 Å². The van der Waals surface area contributed by atoms with Gasteiger partial charge in [-0.3, -0.25) is 9.36 Å². The maximum Gasteiger partial charge on any atom is 0.267 e. The van der Waals surface area contributed by atoms with Crippen molar-refractivity contribution >= 4 is 11.1 Å². The van der Waals surface area contributed by atoms with Crippen molar-refractivity contribution in [2.75, 3.05) is 0 Å². The number of nitrogens with zero attached hydrogens (tertiary/aromatic N) is 3. The topological polar surface area (TPSA) is 60.9 Å². The second kappa shape index (κ2) is 4.68. The van der Waals surface area contributed by atoms with Crippen LogP contribution in [0.5, 0.6) is 0 Å². The van der Waals surface area contributed by atoms with Gasteiger partial charge in [0.05, 0.1) is 0 Å². The molecule has 21 heavy (non-hydrogen) atoms. The SMILES string of the molecule is CC(C)n1c(C(C)(C)C)nc2onc(C(C)(C)C)c2c1=O. The van der Waals surface area contributed by atoms with E-state index in [2.05, 4.69) is 10.1 Å². The normalized spacial score (nSPS) is 13.4. The Bertz CT molecular complexity index is 725. The minimum atomic E-state index is -0.260. The van der Waals surface area contributed by atoms with Crippen molar-refractivity contribution in [3.05, 3.63) is 21.9 Å². The molecule has 5 nitrogen and oxygen atoms in total. The van der Waals surface area contributed by atoms with Crippen molar-refractivity contribution in [1.29, 1.82) is 0 Å². The first-order valence-electron chi connectivity index (χ1n) is 7.37. The fraction of sp³-hybridized carbons (Fsp3) is 0.688. The molecule has 2 rings (SSSR count). The quantitative estimate of drug-likeness (QED) is 0.806. The van der Waals surface area contributed by atoms with Crippen LogP contribution in [-0.4, -0.2) is 14.7 Å². The summed E-state index contributed by atoms with van der Waals surface area (Å²) < 4.78 is 7.11. The van der Waals surface area contributed by atoms with Crippen LogP contribution in [0.1, 0.15) is 73.0 Å². The second-order valence-corrected chi connectivity index (χ2v) is 7.92. The lowest BCUT2D eigenvalue weighted by Crippen LogP contribution is -2.33. The third-order valence-corrected chi connectivity index (χ3v) is 3.44.